The topological polar surface area (TPSA) is 124 Å². The molecule has 0 aliphatic carbocycles. The van der Waals surface area contributed by atoms with Gasteiger partial charge in [0.1, 0.15) is 0 Å². The normalized spacial score (nSPS) is 10.9. The fourth-order valence-electron chi connectivity index (χ4n) is 0.557. The molecule has 0 heterocycles. The molecule has 0 rings (SSSR count). The molecule has 0 atom stereocenters. The first-order chi connectivity index (χ1) is 5.99. The van der Waals surface area contributed by atoms with Crippen LogP contribution >= 0.6 is 0 Å². The minimum atomic E-state index is -1.68. The summed E-state index contributed by atoms with van der Waals surface area (Å²) in [4.78, 5) is 30.9. The summed E-state index contributed by atoms with van der Waals surface area (Å²) in [5, 5.41) is 26.7. The largest absolute Gasteiger partial charge is 0.481 e. The molecule has 0 aromatic carbocycles. The molecule has 0 spiro atoms. The summed E-state index contributed by atoms with van der Waals surface area (Å²) in [6, 6.07) is 0. The number of hydrogen-bond acceptors (Lipinski definition) is 5. The first-order valence-corrected chi connectivity index (χ1v) is 3.19. The fourth-order valence-corrected chi connectivity index (χ4v) is 0.557. The summed E-state index contributed by atoms with van der Waals surface area (Å²) in [6.45, 7) is 0. The van der Waals surface area contributed by atoms with Crippen molar-refractivity contribution >= 4 is 23.4 Å². The van der Waals surface area contributed by atoms with Crippen molar-refractivity contribution in [3.05, 3.63) is 0 Å². The lowest BCUT2D eigenvalue weighted by atomic mass is 10.1. The number of rotatable bonds is 5. The quantitative estimate of drug-likeness (QED) is 0.228. The van der Waals surface area contributed by atoms with E-state index in [0.29, 0.717) is 0 Å². The number of carboxylic acid groups (broad SMARTS) is 2. The summed E-state index contributed by atoms with van der Waals surface area (Å²) in [5.74, 6) is -3.92. The van der Waals surface area contributed by atoms with Gasteiger partial charge in [0.25, 0.3) is 0 Å². The molecule has 13 heavy (non-hydrogen) atoms. The maximum atomic E-state index is 10.8. The molecule has 0 aromatic rings. The molecule has 0 saturated carbocycles. The second kappa shape index (κ2) is 4.86. The van der Waals surface area contributed by atoms with Crippen LogP contribution in [0.3, 0.4) is 0 Å². The molecule has 7 nitrogen and oxygen atoms in total. The average molecular weight is 189 g/mol. The van der Waals surface area contributed by atoms with E-state index < -0.39 is 36.3 Å². The van der Waals surface area contributed by atoms with Gasteiger partial charge in [0.15, 0.2) is 5.78 Å². The lowest BCUT2D eigenvalue weighted by Crippen LogP contribution is -2.24. The second-order valence-electron chi connectivity index (χ2n) is 2.07. The van der Waals surface area contributed by atoms with Crippen LogP contribution in [0.15, 0.2) is 5.16 Å². The maximum Gasteiger partial charge on any atom is 0.361 e. The van der Waals surface area contributed by atoms with Crippen LogP contribution in [-0.4, -0.2) is 38.9 Å². The predicted molar refractivity (Wildman–Crippen MR) is 38.7 cm³/mol. The van der Waals surface area contributed by atoms with E-state index in [4.69, 9.17) is 15.4 Å². The third-order valence-corrected chi connectivity index (χ3v) is 1.13. The monoisotopic (exact) mass is 189 g/mol. The number of Topliss-reactive ketones (excluding diaryl/α,β-unsaturated/α-hetero) is 1. The van der Waals surface area contributed by atoms with Crippen molar-refractivity contribution in [2.75, 3.05) is 0 Å². The van der Waals surface area contributed by atoms with Gasteiger partial charge in [0.05, 0.1) is 6.42 Å². The summed E-state index contributed by atoms with van der Waals surface area (Å²) >= 11 is 0. The molecule has 0 aliphatic heterocycles. The zero-order chi connectivity index (χ0) is 10.4. The number of aliphatic carboxylic acids is 2. The van der Waals surface area contributed by atoms with E-state index in [1.807, 2.05) is 0 Å². The fraction of sp³-hybridized carbons (Fsp3) is 0.333. The van der Waals surface area contributed by atoms with Gasteiger partial charge >= 0.3 is 11.9 Å². The molecule has 0 fully saturated rings. The number of ketones is 1. The Labute approximate surface area is 72.3 Å². The summed E-state index contributed by atoms with van der Waals surface area (Å²) in [6.07, 6.45) is -0.994. The van der Waals surface area contributed by atoms with E-state index in [0.717, 1.165) is 0 Å². The molecule has 72 valence electrons. The predicted octanol–water partition coefficient (Wildman–Crippen LogP) is -0.665. The van der Waals surface area contributed by atoms with Crippen LogP contribution in [0.25, 0.3) is 0 Å². The lowest BCUT2D eigenvalue weighted by molar-refractivity contribution is -0.138. The number of carbonyl (C=O) groups excluding carboxylic acids is 1. The van der Waals surface area contributed by atoms with Crippen LogP contribution in [0.4, 0.5) is 0 Å². The Bertz CT molecular complexity index is 268. The van der Waals surface area contributed by atoms with E-state index in [9.17, 15) is 14.4 Å². The van der Waals surface area contributed by atoms with E-state index >= 15 is 0 Å². The molecule has 0 radical (unpaired) electrons. The molecule has 0 aromatic heterocycles. The van der Waals surface area contributed by atoms with Crippen molar-refractivity contribution in [2.45, 2.75) is 12.8 Å². The minimum Gasteiger partial charge on any atom is -0.481 e. The first kappa shape index (κ1) is 11.1. The van der Waals surface area contributed by atoms with Crippen LogP contribution in [0, 0.1) is 0 Å². The molecule has 0 saturated heterocycles. The highest BCUT2D eigenvalue weighted by atomic mass is 16.4. The van der Waals surface area contributed by atoms with Crippen LogP contribution in [0.2, 0.25) is 0 Å². The molecule has 0 unspecified atom stereocenters. The van der Waals surface area contributed by atoms with Gasteiger partial charge in [-0.05, 0) is 0 Å². The highest BCUT2D eigenvalue weighted by molar-refractivity contribution is 6.63. The molecule has 0 aliphatic rings. The van der Waals surface area contributed by atoms with Gasteiger partial charge in [-0.15, -0.1) is 0 Å². The van der Waals surface area contributed by atoms with Gasteiger partial charge in [-0.25, -0.2) is 4.79 Å². The zero-order valence-electron chi connectivity index (χ0n) is 6.43. The Hall–Kier alpha value is -1.92. The van der Waals surface area contributed by atoms with Gasteiger partial charge in [-0.3, -0.25) is 9.59 Å². The van der Waals surface area contributed by atoms with Crippen LogP contribution in [0.1, 0.15) is 12.8 Å². The third kappa shape index (κ3) is 3.85. The Morgan fingerprint density at radius 1 is 1.08 bits per heavy atom. The van der Waals surface area contributed by atoms with E-state index in [2.05, 4.69) is 5.16 Å². The SMILES string of the molecule is O=C(O)CCC(=O)C(=NO)C(=O)O. The second-order valence-corrected chi connectivity index (χ2v) is 2.07. The lowest BCUT2D eigenvalue weighted by Gasteiger charge is -1.95. The van der Waals surface area contributed by atoms with Crippen LogP contribution < -0.4 is 0 Å². The Balaban J connectivity index is 4.25. The van der Waals surface area contributed by atoms with E-state index in [-0.39, 0.29) is 0 Å². The van der Waals surface area contributed by atoms with Gasteiger partial charge in [-0.2, -0.15) is 0 Å². The van der Waals surface area contributed by atoms with Gasteiger partial charge in [0, 0.05) is 6.42 Å². The van der Waals surface area contributed by atoms with Crippen molar-refractivity contribution in [3.63, 3.8) is 0 Å². The standard InChI is InChI=1S/C6H7NO6/c8-3(1-2-4(9)10)5(7-13)6(11)12/h13H,1-2H2,(H,9,10)(H,11,12). The van der Waals surface area contributed by atoms with Crippen LogP contribution in [0.5, 0.6) is 0 Å². The molecular weight excluding hydrogens is 182 g/mol. The van der Waals surface area contributed by atoms with Gasteiger partial charge < -0.3 is 15.4 Å². The van der Waals surface area contributed by atoms with E-state index in [1.165, 1.54) is 0 Å². The zero-order valence-corrected chi connectivity index (χ0v) is 6.43. The summed E-state index contributed by atoms with van der Waals surface area (Å²) in [5.41, 5.74) is -1.05. The number of oxime groups is 1. The Morgan fingerprint density at radius 3 is 1.92 bits per heavy atom. The maximum absolute atomic E-state index is 10.8. The highest BCUT2D eigenvalue weighted by Crippen LogP contribution is 1.94. The number of carboxylic acids is 2. The van der Waals surface area contributed by atoms with Crippen LogP contribution in [-0.2, 0) is 14.4 Å². The molecule has 3 N–H and O–H groups in total. The third-order valence-electron chi connectivity index (χ3n) is 1.13. The summed E-state index contributed by atoms with van der Waals surface area (Å²) in [7, 11) is 0. The summed E-state index contributed by atoms with van der Waals surface area (Å²) < 4.78 is 0. The number of carbonyl (C=O) groups is 3. The minimum absolute atomic E-state index is 0.495. The average Bonchev–Trinajstić information content (AvgIpc) is 2.01. The van der Waals surface area contributed by atoms with Crippen molar-refractivity contribution < 1.29 is 29.8 Å². The molecule has 0 bridgehead atoms. The van der Waals surface area contributed by atoms with Gasteiger partial charge in [0.2, 0.25) is 5.71 Å². The highest BCUT2D eigenvalue weighted by Gasteiger charge is 2.20. The van der Waals surface area contributed by atoms with Crippen molar-refractivity contribution in [3.8, 4) is 0 Å². The Morgan fingerprint density at radius 2 is 1.62 bits per heavy atom. The van der Waals surface area contributed by atoms with E-state index in [1.54, 1.807) is 0 Å². The number of hydrogen-bond donors (Lipinski definition) is 3. The molecule has 7 heteroatoms. The smallest absolute Gasteiger partial charge is 0.361 e. The van der Waals surface area contributed by atoms with Crippen molar-refractivity contribution in [1.29, 1.82) is 0 Å². The molecular formula is C6H7NO6. The Kier molecular flexibility index (Phi) is 4.14. The number of nitrogens with zero attached hydrogens (tertiary/aromatic N) is 1. The van der Waals surface area contributed by atoms with Gasteiger partial charge in [-0.1, -0.05) is 5.16 Å². The first-order valence-electron chi connectivity index (χ1n) is 3.19. The molecule has 0 amide bonds. The van der Waals surface area contributed by atoms with Crippen molar-refractivity contribution in [2.24, 2.45) is 5.16 Å². The van der Waals surface area contributed by atoms with Crippen molar-refractivity contribution in [1.82, 2.24) is 0 Å².